The van der Waals surface area contributed by atoms with Crippen molar-refractivity contribution in [3.05, 3.63) is 30.4 Å². The summed E-state index contributed by atoms with van der Waals surface area (Å²) >= 11 is 0. The van der Waals surface area contributed by atoms with Gasteiger partial charge in [0, 0.05) is 6.54 Å². The zero-order valence-electron chi connectivity index (χ0n) is 20.5. The SMILES string of the molecule is CCCCCCCC/C=C/CCCCCCCCNc1ccc(OC)cc1S(=O)(=O)[O-].[Na+]. The van der Waals surface area contributed by atoms with E-state index >= 15 is 0 Å². The Morgan fingerprint density at radius 2 is 1.41 bits per heavy atom. The topological polar surface area (TPSA) is 78.5 Å². The van der Waals surface area contributed by atoms with Crippen LogP contribution in [0.15, 0.2) is 35.2 Å². The molecule has 0 amide bonds. The second-order valence-corrected chi connectivity index (χ2v) is 9.53. The molecule has 0 fully saturated rings. The Balaban J connectivity index is 0.00000961. The van der Waals surface area contributed by atoms with Crippen molar-refractivity contribution in [3.63, 3.8) is 0 Å². The van der Waals surface area contributed by atoms with Gasteiger partial charge >= 0.3 is 29.6 Å². The molecule has 1 aromatic carbocycles. The Morgan fingerprint density at radius 3 is 1.94 bits per heavy atom. The van der Waals surface area contributed by atoms with E-state index in [1.165, 1.54) is 90.2 Å². The van der Waals surface area contributed by atoms with Crippen LogP contribution in [0.25, 0.3) is 0 Å². The van der Waals surface area contributed by atoms with Crippen LogP contribution in [0, 0.1) is 0 Å². The van der Waals surface area contributed by atoms with Gasteiger partial charge in [-0.25, -0.2) is 8.42 Å². The summed E-state index contributed by atoms with van der Waals surface area (Å²) in [5.41, 5.74) is 0.351. The predicted octanol–water partition coefficient (Wildman–Crippen LogP) is 4.05. The van der Waals surface area contributed by atoms with Gasteiger partial charge in [0.05, 0.1) is 17.7 Å². The van der Waals surface area contributed by atoms with Crippen LogP contribution < -0.4 is 39.6 Å². The molecule has 0 saturated carbocycles. The number of nitrogens with one attached hydrogen (secondary N) is 1. The average molecular weight is 476 g/mol. The Bertz CT molecular complexity index is 723. The molecule has 32 heavy (non-hydrogen) atoms. The van der Waals surface area contributed by atoms with Gasteiger partial charge < -0.3 is 14.6 Å². The molecule has 0 unspecified atom stereocenters. The van der Waals surface area contributed by atoms with Gasteiger partial charge in [-0.05, 0) is 50.3 Å². The Hall–Kier alpha value is -0.530. The van der Waals surface area contributed by atoms with Crippen molar-refractivity contribution in [1.29, 1.82) is 0 Å². The van der Waals surface area contributed by atoms with Crippen LogP contribution >= 0.6 is 0 Å². The molecule has 0 aliphatic rings. The third-order valence-electron chi connectivity index (χ3n) is 5.46. The average Bonchev–Trinajstić information content (AvgIpc) is 2.75. The van der Waals surface area contributed by atoms with E-state index in [0.29, 0.717) is 18.0 Å². The zero-order chi connectivity index (χ0) is 22.8. The van der Waals surface area contributed by atoms with E-state index < -0.39 is 10.1 Å². The van der Waals surface area contributed by atoms with Crippen molar-refractivity contribution >= 4 is 15.8 Å². The Labute approximate surface area is 218 Å². The number of ether oxygens (including phenoxy) is 1. The van der Waals surface area contributed by atoms with E-state index in [4.69, 9.17) is 4.74 Å². The molecule has 0 aliphatic heterocycles. The van der Waals surface area contributed by atoms with Crippen molar-refractivity contribution in [1.82, 2.24) is 0 Å². The molecule has 0 aromatic heterocycles. The summed E-state index contributed by atoms with van der Waals surface area (Å²) in [5, 5.41) is 3.08. The summed E-state index contributed by atoms with van der Waals surface area (Å²) in [7, 11) is -3.10. The maximum Gasteiger partial charge on any atom is 1.00 e. The van der Waals surface area contributed by atoms with Crippen LogP contribution in [0.3, 0.4) is 0 Å². The number of rotatable bonds is 19. The minimum Gasteiger partial charge on any atom is -0.744 e. The minimum atomic E-state index is -4.54. The van der Waals surface area contributed by atoms with Gasteiger partial charge in [0.1, 0.15) is 15.9 Å². The molecule has 1 aromatic rings. The molecule has 7 heteroatoms. The molecule has 178 valence electrons. The summed E-state index contributed by atoms with van der Waals surface area (Å²) in [6, 6.07) is 4.51. The molecule has 1 rings (SSSR count). The maximum atomic E-state index is 11.4. The van der Waals surface area contributed by atoms with Crippen molar-refractivity contribution in [3.8, 4) is 5.75 Å². The second kappa shape index (κ2) is 19.9. The van der Waals surface area contributed by atoms with Crippen molar-refractivity contribution in [2.75, 3.05) is 19.0 Å². The number of methoxy groups -OCH3 is 1. The molecule has 0 bridgehead atoms. The molecule has 1 N–H and O–H groups in total. The second-order valence-electron chi connectivity index (χ2n) is 8.18. The van der Waals surface area contributed by atoms with Gasteiger partial charge in [0.25, 0.3) is 0 Å². The molecular formula is C25H42NNaO4S. The van der Waals surface area contributed by atoms with Gasteiger partial charge in [-0.15, -0.1) is 0 Å². The third-order valence-corrected chi connectivity index (χ3v) is 6.34. The fourth-order valence-electron chi connectivity index (χ4n) is 3.58. The Kier molecular flexibility index (Phi) is 19.6. The largest absolute Gasteiger partial charge is 1.00 e. The molecule has 0 saturated heterocycles. The molecule has 0 spiro atoms. The first-order chi connectivity index (χ1) is 15.0. The first-order valence-corrected chi connectivity index (χ1v) is 13.4. The van der Waals surface area contributed by atoms with E-state index in [1.807, 2.05) is 0 Å². The number of hydrogen-bond acceptors (Lipinski definition) is 5. The molecule has 0 aliphatic carbocycles. The number of unbranched alkanes of at least 4 members (excludes halogenated alkanes) is 12. The minimum absolute atomic E-state index is 0. The molecular weight excluding hydrogens is 433 g/mol. The third kappa shape index (κ3) is 15.3. The first kappa shape index (κ1) is 31.5. The van der Waals surface area contributed by atoms with Gasteiger partial charge in [-0.2, -0.15) is 0 Å². The Morgan fingerprint density at radius 1 is 0.875 bits per heavy atom. The van der Waals surface area contributed by atoms with Crippen LogP contribution in [-0.4, -0.2) is 26.6 Å². The molecule has 5 nitrogen and oxygen atoms in total. The summed E-state index contributed by atoms with van der Waals surface area (Å²) in [6.07, 6.45) is 22.2. The molecule has 0 radical (unpaired) electrons. The van der Waals surface area contributed by atoms with Crippen LogP contribution in [0.2, 0.25) is 0 Å². The quantitative estimate of drug-likeness (QED) is 0.141. The van der Waals surface area contributed by atoms with Crippen molar-refractivity contribution < 1.29 is 47.3 Å². The standard InChI is InChI=1S/C25H43NO4S.Na/c1-3-4-5-6-7-8-9-10-11-12-13-14-15-16-17-18-21-26-24-20-19-23(30-2)22-25(24)31(27,28)29;/h10-11,19-20,22,26H,3-9,12-18,21H2,1-2H3,(H,27,28,29);/q;+1/p-1/b11-10+;. The summed E-state index contributed by atoms with van der Waals surface area (Å²) in [6.45, 7) is 2.91. The van der Waals surface area contributed by atoms with Crippen LogP contribution in [0.5, 0.6) is 5.75 Å². The van der Waals surface area contributed by atoms with Crippen molar-refractivity contribution in [2.24, 2.45) is 0 Å². The summed E-state index contributed by atoms with van der Waals surface area (Å²) in [4.78, 5) is -0.253. The first-order valence-electron chi connectivity index (χ1n) is 12.0. The van der Waals surface area contributed by atoms with E-state index in [1.54, 1.807) is 12.1 Å². The van der Waals surface area contributed by atoms with Crippen LogP contribution in [0.4, 0.5) is 5.69 Å². The van der Waals surface area contributed by atoms with Crippen LogP contribution in [0.1, 0.15) is 96.8 Å². The van der Waals surface area contributed by atoms with Gasteiger partial charge in [-0.1, -0.05) is 76.9 Å². The summed E-state index contributed by atoms with van der Waals surface area (Å²) < 4.78 is 39.4. The normalized spacial score (nSPS) is 11.5. The number of allylic oxidation sites excluding steroid dienone is 2. The van der Waals surface area contributed by atoms with E-state index in [9.17, 15) is 13.0 Å². The van der Waals surface area contributed by atoms with Gasteiger partial charge in [0.15, 0.2) is 0 Å². The van der Waals surface area contributed by atoms with Gasteiger partial charge in [0.2, 0.25) is 0 Å². The van der Waals surface area contributed by atoms with E-state index in [-0.39, 0.29) is 34.5 Å². The maximum absolute atomic E-state index is 11.4. The van der Waals surface area contributed by atoms with E-state index in [2.05, 4.69) is 24.4 Å². The summed E-state index contributed by atoms with van der Waals surface area (Å²) in [5.74, 6) is 0.359. The van der Waals surface area contributed by atoms with E-state index in [0.717, 1.165) is 12.8 Å². The van der Waals surface area contributed by atoms with Crippen molar-refractivity contribution in [2.45, 2.75) is 102 Å². The predicted molar refractivity (Wildman–Crippen MR) is 129 cm³/mol. The fraction of sp³-hybridized carbons (Fsp3) is 0.680. The monoisotopic (exact) mass is 475 g/mol. The smallest absolute Gasteiger partial charge is 0.744 e. The number of hydrogen-bond donors (Lipinski definition) is 1. The zero-order valence-corrected chi connectivity index (χ0v) is 23.4. The van der Waals surface area contributed by atoms with Crippen LogP contribution in [-0.2, 0) is 10.1 Å². The van der Waals surface area contributed by atoms with Gasteiger partial charge in [-0.3, -0.25) is 0 Å². The molecule has 0 heterocycles. The number of benzene rings is 1. The fourth-order valence-corrected chi connectivity index (χ4v) is 4.25. The number of anilines is 1. The molecule has 0 atom stereocenters.